The van der Waals surface area contributed by atoms with E-state index in [9.17, 15) is 21.6 Å². The molecule has 1 aliphatic carbocycles. The van der Waals surface area contributed by atoms with E-state index in [2.05, 4.69) is 20.8 Å². The van der Waals surface area contributed by atoms with Gasteiger partial charge in [-0.1, -0.05) is 0 Å². The van der Waals surface area contributed by atoms with Crippen molar-refractivity contribution < 1.29 is 36.2 Å². The number of hydrogen-bond acceptors (Lipinski definition) is 6. The van der Waals surface area contributed by atoms with Crippen molar-refractivity contribution in [1.29, 1.82) is 0 Å². The lowest BCUT2D eigenvalue weighted by atomic mass is 9.99. The molecule has 9 nitrogen and oxygen atoms in total. The Hall–Kier alpha value is -1.70. The molecule has 2 aliphatic heterocycles. The van der Waals surface area contributed by atoms with Crippen LogP contribution in [0.15, 0.2) is 12.3 Å². The highest BCUT2D eigenvalue weighted by Crippen LogP contribution is 2.28. The van der Waals surface area contributed by atoms with E-state index in [1.54, 1.807) is 0 Å². The van der Waals surface area contributed by atoms with E-state index in [4.69, 9.17) is 14.6 Å². The zero-order chi connectivity index (χ0) is 23.4. The van der Waals surface area contributed by atoms with Crippen molar-refractivity contribution in [2.45, 2.75) is 50.2 Å². The molecule has 0 amide bonds. The largest absolute Gasteiger partial charge is 0.490 e. The molecule has 1 aromatic heterocycles. The molecule has 4 rings (SSSR count). The molecule has 1 saturated heterocycles. The third-order valence-corrected chi connectivity index (χ3v) is 7.69. The number of halogens is 3. The molecule has 1 aromatic rings. The van der Waals surface area contributed by atoms with Gasteiger partial charge in [0.1, 0.15) is 0 Å². The summed E-state index contributed by atoms with van der Waals surface area (Å²) in [5.41, 5.74) is 1.22. The van der Waals surface area contributed by atoms with Crippen molar-refractivity contribution >= 4 is 16.0 Å². The van der Waals surface area contributed by atoms with Gasteiger partial charge in [-0.05, 0) is 37.7 Å². The SMILES string of the molecule is O=C(O)C(F)(F)F.O=S(=O)(NCC1CN(CC2CCOCC2)Cc2ccnn2C1)C1CC1. The fourth-order valence-corrected chi connectivity index (χ4v) is 5.37. The minimum Gasteiger partial charge on any atom is -0.475 e. The Morgan fingerprint density at radius 2 is 1.84 bits per heavy atom. The van der Waals surface area contributed by atoms with Crippen molar-refractivity contribution in [3.8, 4) is 0 Å². The van der Waals surface area contributed by atoms with Crippen LogP contribution in [0, 0.1) is 11.8 Å². The van der Waals surface area contributed by atoms with Crippen molar-refractivity contribution in [1.82, 2.24) is 19.4 Å². The van der Waals surface area contributed by atoms with Gasteiger partial charge in [0.15, 0.2) is 0 Å². The van der Waals surface area contributed by atoms with E-state index in [0.717, 1.165) is 65.1 Å². The number of hydrogen-bond donors (Lipinski definition) is 2. The number of fused-ring (bicyclic) bond motifs is 1. The van der Waals surface area contributed by atoms with Gasteiger partial charge in [-0.25, -0.2) is 17.9 Å². The Morgan fingerprint density at radius 1 is 1.19 bits per heavy atom. The lowest BCUT2D eigenvalue weighted by Crippen LogP contribution is -2.39. The van der Waals surface area contributed by atoms with Gasteiger partial charge >= 0.3 is 12.1 Å². The number of aliphatic carboxylic acids is 1. The lowest BCUT2D eigenvalue weighted by molar-refractivity contribution is -0.192. The summed E-state index contributed by atoms with van der Waals surface area (Å²) in [6.45, 7) is 5.86. The van der Waals surface area contributed by atoms with Crippen LogP contribution in [-0.2, 0) is 32.6 Å². The summed E-state index contributed by atoms with van der Waals surface area (Å²) >= 11 is 0. The second kappa shape index (κ2) is 10.5. The van der Waals surface area contributed by atoms with Crippen LogP contribution in [0.3, 0.4) is 0 Å². The first-order valence-corrected chi connectivity index (χ1v) is 12.2. The maximum atomic E-state index is 12.2. The third-order valence-electron chi connectivity index (χ3n) is 5.77. The molecule has 3 heterocycles. The van der Waals surface area contributed by atoms with Crippen molar-refractivity contribution in [2.75, 3.05) is 32.8 Å². The minimum absolute atomic E-state index is 0.156. The molecular weight excluding hydrogens is 453 g/mol. The first-order chi connectivity index (χ1) is 15.0. The Labute approximate surface area is 185 Å². The van der Waals surface area contributed by atoms with Crippen LogP contribution >= 0.6 is 0 Å². The van der Waals surface area contributed by atoms with E-state index in [1.807, 2.05) is 10.9 Å². The normalized spacial score (nSPS) is 23.0. The molecule has 0 bridgehead atoms. The maximum Gasteiger partial charge on any atom is 0.490 e. The highest BCUT2D eigenvalue weighted by Gasteiger charge is 2.38. The quantitative estimate of drug-likeness (QED) is 0.631. The zero-order valence-electron chi connectivity index (χ0n) is 17.6. The highest BCUT2D eigenvalue weighted by atomic mass is 32.2. The standard InChI is InChI=1S/C17H28N4O3S.C2HF3O2/c22-25(23,17-1-2-17)19-9-15-11-20(10-14-4-7-24-8-5-14)13-16-3-6-18-21(16)12-15;3-2(4,5)1(6)7/h3,6,14-15,17,19H,1-2,4-5,7-13H2;(H,6,7). The number of aromatic nitrogens is 2. The van der Waals surface area contributed by atoms with Crippen LogP contribution in [0.25, 0.3) is 0 Å². The number of sulfonamides is 1. The summed E-state index contributed by atoms with van der Waals surface area (Å²) < 4.78 is 66.4. The van der Waals surface area contributed by atoms with E-state index in [1.165, 1.54) is 5.69 Å². The number of rotatable bonds is 6. The van der Waals surface area contributed by atoms with Crippen LogP contribution in [-0.4, -0.2) is 78.4 Å². The Balaban J connectivity index is 0.000000360. The third kappa shape index (κ3) is 7.42. The van der Waals surface area contributed by atoms with Gasteiger partial charge in [0.05, 0.1) is 10.9 Å². The number of carboxylic acids is 1. The van der Waals surface area contributed by atoms with Crippen molar-refractivity contribution in [2.24, 2.45) is 11.8 Å². The molecule has 32 heavy (non-hydrogen) atoms. The van der Waals surface area contributed by atoms with E-state index in [-0.39, 0.29) is 11.2 Å². The lowest BCUT2D eigenvalue weighted by Gasteiger charge is -2.30. The molecule has 0 spiro atoms. The zero-order valence-corrected chi connectivity index (χ0v) is 18.4. The fraction of sp³-hybridized carbons (Fsp3) is 0.789. The Bertz CT molecular complexity index is 867. The molecule has 2 fully saturated rings. The topological polar surface area (TPSA) is 114 Å². The summed E-state index contributed by atoms with van der Waals surface area (Å²) in [5.74, 6) is -1.84. The van der Waals surface area contributed by atoms with Gasteiger partial charge < -0.3 is 9.84 Å². The highest BCUT2D eigenvalue weighted by molar-refractivity contribution is 7.90. The van der Waals surface area contributed by atoms with E-state index >= 15 is 0 Å². The number of nitrogens with zero attached hydrogens (tertiary/aromatic N) is 3. The van der Waals surface area contributed by atoms with E-state index < -0.39 is 22.2 Å². The smallest absolute Gasteiger partial charge is 0.475 e. The van der Waals surface area contributed by atoms with Crippen LogP contribution in [0.5, 0.6) is 0 Å². The summed E-state index contributed by atoms with van der Waals surface area (Å²) in [6, 6.07) is 2.08. The summed E-state index contributed by atoms with van der Waals surface area (Å²) in [4.78, 5) is 11.4. The van der Waals surface area contributed by atoms with Gasteiger partial charge in [-0.15, -0.1) is 0 Å². The maximum absolute atomic E-state index is 12.2. The first kappa shape index (κ1) is 24.9. The molecule has 13 heteroatoms. The van der Waals surface area contributed by atoms with E-state index in [0.29, 0.717) is 12.5 Å². The van der Waals surface area contributed by atoms with Crippen LogP contribution in [0.4, 0.5) is 13.2 Å². The van der Waals surface area contributed by atoms with Gasteiger partial charge in [0.25, 0.3) is 0 Å². The number of alkyl halides is 3. The summed E-state index contributed by atoms with van der Waals surface area (Å²) in [5, 5.41) is 11.4. The van der Waals surface area contributed by atoms with Gasteiger partial charge in [0.2, 0.25) is 10.0 Å². The molecule has 0 radical (unpaired) electrons. The van der Waals surface area contributed by atoms with Crippen LogP contribution < -0.4 is 4.72 Å². The Kier molecular flexibility index (Phi) is 8.17. The summed E-state index contributed by atoms with van der Waals surface area (Å²) in [6.07, 6.45) is 0.612. The molecule has 3 aliphatic rings. The van der Waals surface area contributed by atoms with Crippen molar-refractivity contribution in [3.05, 3.63) is 18.0 Å². The molecule has 1 saturated carbocycles. The molecule has 1 atom stereocenters. The predicted molar refractivity (Wildman–Crippen MR) is 108 cm³/mol. The fourth-order valence-electron chi connectivity index (χ4n) is 3.91. The number of ether oxygens (including phenoxy) is 1. The second-order valence-electron chi connectivity index (χ2n) is 8.52. The van der Waals surface area contributed by atoms with Gasteiger partial charge in [0, 0.05) is 58.1 Å². The average molecular weight is 483 g/mol. The number of carbonyl (C=O) groups is 1. The second-order valence-corrected chi connectivity index (χ2v) is 10.6. The first-order valence-electron chi connectivity index (χ1n) is 10.6. The van der Waals surface area contributed by atoms with Crippen LogP contribution in [0.2, 0.25) is 0 Å². The molecular formula is C19H29F3N4O5S. The number of nitrogens with one attached hydrogen (secondary N) is 1. The monoisotopic (exact) mass is 482 g/mol. The minimum atomic E-state index is -5.08. The number of carboxylic acid groups (broad SMARTS) is 1. The average Bonchev–Trinajstić information content (AvgIpc) is 3.52. The Morgan fingerprint density at radius 3 is 2.44 bits per heavy atom. The van der Waals surface area contributed by atoms with Gasteiger partial charge in [-0.3, -0.25) is 9.58 Å². The van der Waals surface area contributed by atoms with Crippen LogP contribution in [0.1, 0.15) is 31.4 Å². The molecule has 0 aromatic carbocycles. The summed E-state index contributed by atoms with van der Waals surface area (Å²) in [7, 11) is -3.12. The van der Waals surface area contributed by atoms with Crippen molar-refractivity contribution in [3.63, 3.8) is 0 Å². The molecule has 2 N–H and O–H groups in total. The van der Waals surface area contributed by atoms with Gasteiger partial charge in [-0.2, -0.15) is 18.3 Å². The molecule has 182 valence electrons. The molecule has 1 unspecified atom stereocenters. The predicted octanol–water partition coefficient (Wildman–Crippen LogP) is 1.46.